The number of nitrogens with one attached hydrogen (secondary N) is 1. The molecule has 0 atom stereocenters. The second-order valence-corrected chi connectivity index (χ2v) is 3.15. The van der Waals surface area contributed by atoms with E-state index in [2.05, 4.69) is 12.2 Å². The van der Waals surface area contributed by atoms with Crippen LogP contribution in [0.3, 0.4) is 0 Å². The Labute approximate surface area is 75.7 Å². The lowest BCUT2D eigenvalue weighted by molar-refractivity contribution is 0.534. The Morgan fingerprint density at radius 2 is 1.58 bits per heavy atom. The highest BCUT2D eigenvalue weighted by Gasteiger charge is 1.89. The molecule has 12 heavy (non-hydrogen) atoms. The van der Waals surface area contributed by atoms with Gasteiger partial charge in [0.05, 0.1) is 0 Å². The molecule has 0 aliphatic carbocycles. The van der Waals surface area contributed by atoms with E-state index in [-0.39, 0.29) is 0 Å². The lowest BCUT2D eigenvalue weighted by atomic mass is 10.1. The average Bonchev–Trinajstić information content (AvgIpc) is 2.10. The van der Waals surface area contributed by atoms with Gasteiger partial charge in [-0.2, -0.15) is 0 Å². The Bertz CT molecular complexity index is 93.8. The van der Waals surface area contributed by atoms with Crippen LogP contribution in [0.4, 0.5) is 0 Å². The maximum atomic E-state index is 9.74. The number of hydrogen-bond donors (Lipinski definition) is 1. The Balaban J connectivity index is 2.77. The summed E-state index contributed by atoms with van der Waals surface area (Å²) in [6, 6.07) is 0. The predicted octanol–water partition coefficient (Wildman–Crippen LogP) is 2.39. The van der Waals surface area contributed by atoms with Crippen molar-refractivity contribution in [1.29, 1.82) is 0 Å². The van der Waals surface area contributed by atoms with Gasteiger partial charge in [-0.3, -0.25) is 4.79 Å². The van der Waals surface area contributed by atoms with Gasteiger partial charge in [-0.15, -0.1) is 0 Å². The summed E-state index contributed by atoms with van der Waals surface area (Å²) in [5.41, 5.74) is 0. The van der Waals surface area contributed by atoms with Crippen LogP contribution in [0.5, 0.6) is 0 Å². The fraction of sp³-hybridized carbons (Fsp3) is 0.900. The van der Waals surface area contributed by atoms with E-state index in [1.165, 1.54) is 38.5 Å². The standard InChI is InChI=1S/C10H20NO/c1-2-3-4-5-6-7-8-9-11-10-12/h2-9H2,1H3,(H,11,12). The van der Waals surface area contributed by atoms with Crippen molar-refractivity contribution in [3.63, 3.8) is 0 Å². The van der Waals surface area contributed by atoms with Crippen LogP contribution in [0.2, 0.25) is 0 Å². The number of unbranched alkanes of at least 4 members (excludes halogenated alkanes) is 6. The van der Waals surface area contributed by atoms with Gasteiger partial charge in [0.1, 0.15) is 0 Å². The smallest absolute Gasteiger partial charge is 0.309 e. The van der Waals surface area contributed by atoms with Crippen LogP contribution in [0.1, 0.15) is 51.9 Å². The Hall–Kier alpha value is -0.530. The van der Waals surface area contributed by atoms with Crippen LogP contribution in [-0.4, -0.2) is 13.0 Å². The SMILES string of the molecule is CCCCCCCCCN[C]=O. The first-order valence-electron chi connectivity index (χ1n) is 5.01. The monoisotopic (exact) mass is 170 g/mol. The Kier molecular flexibility index (Phi) is 10.0. The molecular formula is C10H20NO. The molecule has 1 amide bonds. The molecule has 0 spiro atoms. The topological polar surface area (TPSA) is 29.1 Å². The average molecular weight is 170 g/mol. The summed E-state index contributed by atoms with van der Waals surface area (Å²) in [4.78, 5) is 9.74. The second-order valence-electron chi connectivity index (χ2n) is 3.15. The summed E-state index contributed by atoms with van der Waals surface area (Å²) < 4.78 is 0. The van der Waals surface area contributed by atoms with Crippen molar-refractivity contribution in [3.05, 3.63) is 0 Å². The highest BCUT2D eigenvalue weighted by Crippen LogP contribution is 2.05. The first kappa shape index (κ1) is 11.5. The fourth-order valence-corrected chi connectivity index (χ4v) is 1.22. The molecule has 0 aliphatic rings. The van der Waals surface area contributed by atoms with Gasteiger partial charge in [0.2, 0.25) is 0 Å². The van der Waals surface area contributed by atoms with Crippen molar-refractivity contribution in [1.82, 2.24) is 5.32 Å². The molecule has 0 unspecified atom stereocenters. The molecule has 2 nitrogen and oxygen atoms in total. The van der Waals surface area contributed by atoms with Gasteiger partial charge in [0.25, 0.3) is 0 Å². The fourth-order valence-electron chi connectivity index (χ4n) is 1.22. The Morgan fingerprint density at radius 3 is 2.17 bits per heavy atom. The summed E-state index contributed by atoms with van der Waals surface area (Å²) in [6.45, 7) is 3.01. The third kappa shape index (κ3) is 9.47. The molecule has 0 saturated carbocycles. The normalized spacial score (nSPS) is 9.75. The summed E-state index contributed by atoms with van der Waals surface area (Å²) in [5, 5.41) is 2.54. The first-order valence-corrected chi connectivity index (χ1v) is 5.01. The molecule has 0 bridgehead atoms. The van der Waals surface area contributed by atoms with Crippen molar-refractivity contribution in [2.24, 2.45) is 0 Å². The predicted molar refractivity (Wildman–Crippen MR) is 51.7 cm³/mol. The van der Waals surface area contributed by atoms with Gasteiger partial charge in [0.15, 0.2) is 0 Å². The summed E-state index contributed by atoms with van der Waals surface area (Å²) in [7, 11) is 0. The van der Waals surface area contributed by atoms with Crippen LogP contribution in [0.15, 0.2) is 0 Å². The van der Waals surface area contributed by atoms with E-state index in [0.717, 1.165) is 13.0 Å². The molecule has 2 heteroatoms. The quantitative estimate of drug-likeness (QED) is 0.418. The number of carbonyl (C=O) groups excluding carboxylic acids is 1. The van der Waals surface area contributed by atoms with Crippen LogP contribution in [0.25, 0.3) is 0 Å². The lowest BCUT2D eigenvalue weighted by Gasteiger charge is -1.99. The minimum Gasteiger partial charge on any atom is -0.348 e. The summed E-state index contributed by atoms with van der Waals surface area (Å²) in [5.74, 6) is 0. The molecule has 0 heterocycles. The third-order valence-electron chi connectivity index (χ3n) is 1.98. The van der Waals surface area contributed by atoms with Crippen molar-refractivity contribution < 1.29 is 4.79 Å². The molecule has 0 aromatic rings. The summed E-state index contributed by atoms with van der Waals surface area (Å²) in [6.07, 6.45) is 10.7. The highest BCUT2D eigenvalue weighted by atomic mass is 16.1. The van der Waals surface area contributed by atoms with Gasteiger partial charge in [-0.25, -0.2) is 0 Å². The molecule has 0 aromatic carbocycles. The van der Waals surface area contributed by atoms with Crippen molar-refractivity contribution in [3.8, 4) is 0 Å². The number of hydrogen-bond acceptors (Lipinski definition) is 1. The molecular weight excluding hydrogens is 150 g/mol. The molecule has 0 aromatic heterocycles. The second kappa shape index (κ2) is 10.5. The number of rotatable bonds is 9. The van der Waals surface area contributed by atoms with E-state index in [0.29, 0.717) is 0 Å². The maximum absolute atomic E-state index is 9.74. The maximum Gasteiger partial charge on any atom is 0.309 e. The van der Waals surface area contributed by atoms with Crippen molar-refractivity contribution in [2.75, 3.05) is 6.54 Å². The van der Waals surface area contributed by atoms with Crippen molar-refractivity contribution >= 4 is 6.41 Å². The van der Waals surface area contributed by atoms with Crippen LogP contribution < -0.4 is 5.32 Å². The molecule has 1 N–H and O–H groups in total. The van der Waals surface area contributed by atoms with E-state index in [1.807, 2.05) is 0 Å². The minimum atomic E-state index is 0.789. The van der Waals surface area contributed by atoms with Gasteiger partial charge in [-0.1, -0.05) is 45.4 Å². The van der Waals surface area contributed by atoms with Crippen LogP contribution in [-0.2, 0) is 4.79 Å². The van der Waals surface area contributed by atoms with E-state index < -0.39 is 0 Å². The van der Waals surface area contributed by atoms with Gasteiger partial charge in [0, 0.05) is 6.54 Å². The number of amides is 1. The first-order chi connectivity index (χ1) is 5.91. The summed E-state index contributed by atoms with van der Waals surface area (Å²) >= 11 is 0. The lowest BCUT2D eigenvalue weighted by Crippen LogP contribution is -2.11. The molecule has 0 saturated heterocycles. The van der Waals surface area contributed by atoms with Crippen LogP contribution >= 0.6 is 0 Å². The minimum absolute atomic E-state index is 0.789. The zero-order valence-corrected chi connectivity index (χ0v) is 8.07. The van der Waals surface area contributed by atoms with Crippen molar-refractivity contribution in [2.45, 2.75) is 51.9 Å². The molecule has 0 rings (SSSR count). The van der Waals surface area contributed by atoms with Gasteiger partial charge < -0.3 is 5.32 Å². The zero-order chi connectivity index (χ0) is 9.07. The third-order valence-corrected chi connectivity index (χ3v) is 1.98. The van der Waals surface area contributed by atoms with E-state index >= 15 is 0 Å². The van der Waals surface area contributed by atoms with E-state index in [4.69, 9.17) is 0 Å². The van der Waals surface area contributed by atoms with E-state index in [1.54, 1.807) is 6.41 Å². The molecule has 71 valence electrons. The van der Waals surface area contributed by atoms with Gasteiger partial charge >= 0.3 is 6.41 Å². The molecule has 0 fully saturated rings. The Morgan fingerprint density at radius 1 is 1.00 bits per heavy atom. The largest absolute Gasteiger partial charge is 0.348 e. The van der Waals surface area contributed by atoms with E-state index in [9.17, 15) is 4.79 Å². The van der Waals surface area contributed by atoms with Crippen LogP contribution in [0, 0.1) is 0 Å². The zero-order valence-electron chi connectivity index (χ0n) is 8.07. The highest BCUT2D eigenvalue weighted by molar-refractivity contribution is 5.46. The molecule has 0 aliphatic heterocycles. The molecule has 1 radical (unpaired) electrons. The van der Waals surface area contributed by atoms with Gasteiger partial charge in [-0.05, 0) is 6.42 Å².